The van der Waals surface area contributed by atoms with Crippen molar-refractivity contribution in [2.45, 2.75) is 46.6 Å². The second-order valence-electron chi connectivity index (χ2n) is 6.21. The minimum atomic E-state index is -0.237. The maximum atomic E-state index is 8.76. The Kier molecular flexibility index (Phi) is 8.02. The minimum absolute atomic E-state index is 0.237. The molecule has 5 heteroatoms. The largest absolute Gasteiger partial charge is 0.409 e. The van der Waals surface area contributed by atoms with Gasteiger partial charge in [0.05, 0.1) is 0 Å². The first-order valence-electron chi connectivity index (χ1n) is 7.11. The van der Waals surface area contributed by atoms with Crippen molar-refractivity contribution in [3.63, 3.8) is 0 Å². The van der Waals surface area contributed by atoms with Gasteiger partial charge >= 0.3 is 0 Å². The predicted octanol–water partition coefficient (Wildman–Crippen LogP) is 1.81. The molecule has 0 aliphatic heterocycles. The zero-order chi connectivity index (χ0) is 15.1. The van der Waals surface area contributed by atoms with Crippen LogP contribution in [-0.2, 0) is 0 Å². The molecule has 0 fully saturated rings. The second kappa shape index (κ2) is 8.38. The summed E-state index contributed by atoms with van der Waals surface area (Å²) in [5, 5.41) is 11.9. The van der Waals surface area contributed by atoms with E-state index in [-0.39, 0.29) is 5.41 Å². The minimum Gasteiger partial charge on any atom is -0.409 e. The van der Waals surface area contributed by atoms with E-state index in [0.717, 1.165) is 32.5 Å². The summed E-state index contributed by atoms with van der Waals surface area (Å²) in [5.41, 5.74) is 5.47. The van der Waals surface area contributed by atoms with E-state index in [1.54, 1.807) is 0 Å². The molecule has 0 aliphatic carbocycles. The average molecular weight is 272 g/mol. The number of oxime groups is 1. The molecule has 0 aromatic carbocycles. The van der Waals surface area contributed by atoms with E-state index in [1.807, 2.05) is 13.8 Å². The van der Waals surface area contributed by atoms with Crippen molar-refractivity contribution in [1.29, 1.82) is 0 Å². The standard InChI is InChI=1S/C14H32N4O/c1-7-18(12(2)11-17(5)6)10-8-9-14(3,4)13(15)16-19/h12,19H,7-11H2,1-6H3,(H2,15,16). The molecule has 0 aromatic heterocycles. The van der Waals surface area contributed by atoms with Crippen LogP contribution in [0.5, 0.6) is 0 Å². The smallest absolute Gasteiger partial charge is 0.144 e. The van der Waals surface area contributed by atoms with E-state index >= 15 is 0 Å². The van der Waals surface area contributed by atoms with Crippen LogP contribution >= 0.6 is 0 Å². The highest BCUT2D eigenvalue weighted by molar-refractivity contribution is 5.85. The lowest BCUT2D eigenvalue weighted by atomic mass is 9.86. The van der Waals surface area contributed by atoms with Crippen LogP contribution in [0.1, 0.15) is 40.5 Å². The molecule has 3 N–H and O–H groups in total. The van der Waals surface area contributed by atoms with E-state index in [0.29, 0.717) is 11.9 Å². The van der Waals surface area contributed by atoms with Gasteiger partial charge in [-0.3, -0.25) is 4.90 Å². The van der Waals surface area contributed by atoms with Crippen molar-refractivity contribution in [2.24, 2.45) is 16.3 Å². The van der Waals surface area contributed by atoms with Crippen molar-refractivity contribution < 1.29 is 5.21 Å². The van der Waals surface area contributed by atoms with Gasteiger partial charge in [-0.25, -0.2) is 0 Å². The fourth-order valence-electron chi connectivity index (χ4n) is 2.32. The number of nitrogens with two attached hydrogens (primary N) is 1. The molecule has 0 aromatic rings. The van der Waals surface area contributed by atoms with E-state index < -0.39 is 0 Å². The molecule has 0 heterocycles. The molecule has 0 radical (unpaired) electrons. The van der Waals surface area contributed by atoms with Crippen LogP contribution in [0.2, 0.25) is 0 Å². The lowest BCUT2D eigenvalue weighted by Crippen LogP contribution is -2.41. The Balaban J connectivity index is 4.22. The number of nitrogens with zero attached hydrogens (tertiary/aromatic N) is 3. The molecule has 0 spiro atoms. The van der Waals surface area contributed by atoms with Gasteiger partial charge in [-0.1, -0.05) is 25.9 Å². The lowest BCUT2D eigenvalue weighted by Gasteiger charge is -2.31. The van der Waals surface area contributed by atoms with Gasteiger partial charge in [0.1, 0.15) is 5.84 Å². The summed E-state index contributed by atoms with van der Waals surface area (Å²) in [6, 6.07) is 0.548. The van der Waals surface area contributed by atoms with E-state index in [1.165, 1.54) is 0 Å². The Hall–Kier alpha value is -0.810. The Morgan fingerprint density at radius 2 is 1.95 bits per heavy atom. The third kappa shape index (κ3) is 6.78. The summed E-state index contributed by atoms with van der Waals surface area (Å²) >= 11 is 0. The number of hydrogen-bond donors (Lipinski definition) is 2. The summed E-state index contributed by atoms with van der Waals surface area (Å²) in [4.78, 5) is 4.69. The van der Waals surface area contributed by atoms with Gasteiger partial charge in [-0.15, -0.1) is 0 Å². The Morgan fingerprint density at radius 1 is 1.37 bits per heavy atom. The molecule has 114 valence electrons. The van der Waals surface area contributed by atoms with Crippen LogP contribution < -0.4 is 5.73 Å². The first-order chi connectivity index (χ1) is 8.74. The highest BCUT2D eigenvalue weighted by Crippen LogP contribution is 2.22. The molecular weight excluding hydrogens is 240 g/mol. The van der Waals surface area contributed by atoms with Crippen LogP contribution in [0.3, 0.4) is 0 Å². The van der Waals surface area contributed by atoms with Gasteiger partial charge in [-0.2, -0.15) is 0 Å². The first-order valence-corrected chi connectivity index (χ1v) is 7.11. The fraction of sp³-hybridized carbons (Fsp3) is 0.929. The van der Waals surface area contributed by atoms with Gasteiger partial charge in [0, 0.05) is 18.0 Å². The van der Waals surface area contributed by atoms with Gasteiger partial charge in [0.25, 0.3) is 0 Å². The molecule has 0 bridgehead atoms. The maximum absolute atomic E-state index is 8.76. The fourth-order valence-corrected chi connectivity index (χ4v) is 2.32. The summed E-state index contributed by atoms with van der Waals surface area (Å²) in [6.07, 6.45) is 1.98. The van der Waals surface area contributed by atoms with E-state index in [9.17, 15) is 0 Å². The topological polar surface area (TPSA) is 65.1 Å². The number of rotatable bonds is 9. The van der Waals surface area contributed by atoms with Crippen LogP contribution in [-0.4, -0.2) is 60.6 Å². The zero-order valence-corrected chi connectivity index (χ0v) is 13.5. The summed E-state index contributed by atoms with van der Waals surface area (Å²) in [7, 11) is 4.21. The van der Waals surface area contributed by atoms with Gasteiger partial charge in [-0.05, 0) is 47.0 Å². The van der Waals surface area contributed by atoms with Crippen molar-refractivity contribution in [3.05, 3.63) is 0 Å². The molecule has 19 heavy (non-hydrogen) atoms. The van der Waals surface area contributed by atoms with Crippen molar-refractivity contribution in [2.75, 3.05) is 33.7 Å². The summed E-state index contributed by atoms with van der Waals surface area (Å²) in [6.45, 7) is 11.7. The molecule has 0 saturated heterocycles. The van der Waals surface area contributed by atoms with E-state index in [2.05, 4.69) is 42.9 Å². The quantitative estimate of drug-likeness (QED) is 0.291. The monoisotopic (exact) mass is 272 g/mol. The molecule has 0 saturated carbocycles. The molecule has 1 atom stereocenters. The third-order valence-electron chi connectivity index (χ3n) is 3.71. The Bertz CT molecular complexity index is 277. The molecule has 5 nitrogen and oxygen atoms in total. The molecule has 0 rings (SSSR count). The maximum Gasteiger partial charge on any atom is 0.144 e. The molecule has 0 amide bonds. The van der Waals surface area contributed by atoms with Crippen LogP contribution in [0.25, 0.3) is 0 Å². The predicted molar refractivity (Wildman–Crippen MR) is 81.7 cm³/mol. The van der Waals surface area contributed by atoms with Crippen molar-refractivity contribution >= 4 is 5.84 Å². The Morgan fingerprint density at radius 3 is 2.37 bits per heavy atom. The lowest BCUT2D eigenvalue weighted by molar-refractivity contribution is 0.174. The van der Waals surface area contributed by atoms with Crippen LogP contribution in [0.4, 0.5) is 0 Å². The number of hydrogen-bond acceptors (Lipinski definition) is 4. The molecule has 1 unspecified atom stereocenters. The van der Waals surface area contributed by atoms with Gasteiger partial charge in [0.15, 0.2) is 0 Å². The van der Waals surface area contributed by atoms with Gasteiger partial charge in [0.2, 0.25) is 0 Å². The zero-order valence-electron chi connectivity index (χ0n) is 13.5. The normalized spacial score (nSPS) is 15.3. The van der Waals surface area contributed by atoms with E-state index in [4.69, 9.17) is 10.9 Å². The second-order valence-corrected chi connectivity index (χ2v) is 6.21. The summed E-state index contributed by atoms with van der Waals surface area (Å²) < 4.78 is 0. The van der Waals surface area contributed by atoms with Crippen LogP contribution in [0, 0.1) is 5.41 Å². The van der Waals surface area contributed by atoms with Crippen LogP contribution in [0.15, 0.2) is 5.16 Å². The number of likely N-dealkylation sites (N-methyl/N-ethyl adjacent to an activating group) is 2. The van der Waals surface area contributed by atoms with Crippen molar-refractivity contribution in [1.82, 2.24) is 9.80 Å². The van der Waals surface area contributed by atoms with Gasteiger partial charge < -0.3 is 15.8 Å². The molecule has 0 aliphatic rings. The third-order valence-corrected chi connectivity index (χ3v) is 3.71. The van der Waals surface area contributed by atoms with Crippen molar-refractivity contribution in [3.8, 4) is 0 Å². The average Bonchev–Trinajstić information content (AvgIpc) is 2.32. The SMILES string of the molecule is CCN(CCCC(C)(C)C(N)=NO)C(C)CN(C)C. The highest BCUT2D eigenvalue weighted by Gasteiger charge is 2.23. The Labute approximate surface area is 118 Å². The number of amidine groups is 1. The first kappa shape index (κ1) is 18.2. The highest BCUT2D eigenvalue weighted by atomic mass is 16.4. The molecular formula is C14H32N4O. The summed E-state index contributed by atoms with van der Waals surface area (Å²) in [5.74, 6) is 0.317.